The quantitative estimate of drug-likeness (QED) is 0.269. The first-order chi connectivity index (χ1) is 20.2. The molecule has 3 aromatic rings. The summed E-state index contributed by atoms with van der Waals surface area (Å²) in [5.41, 5.74) is 3.86. The molecule has 43 heavy (non-hydrogen) atoms. The molecule has 10 heteroatoms. The van der Waals surface area contributed by atoms with E-state index < -0.39 is 5.60 Å². The van der Waals surface area contributed by atoms with E-state index >= 15 is 0 Å². The van der Waals surface area contributed by atoms with Crippen LogP contribution in [-0.2, 0) is 24.0 Å². The number of aryl methyl sites for hydroxylation is 3. The second-order valence-corrected chi connectivity index (χ2v) is 14.4. The first-order valence-electron chi connectivity index (χ1n) is 15.1. The average molecular weight is 672 g/mol. The second kappa shape index (κ2) is 13.3. The minimum atomic E-state index is -0.588. The van der Waals surface area contributed by atoms with Crippen molar-refractivity contribution in [2.75, 3.05) is 26.2 Å². The van der Waals surface area contributed by atoms with Crippen LogP contribution < -0.4 is 5.56 Å². The zero-order valence-corrected chi connectivity index (χ0v) is 28.9. The van der Waals surface area contributed by atoms with E-state index in [0.717, 1.165) is 34.5 Å². The van der Waals surface area contributed by atoms with Crippen molar-refractivity contribution in [1.29, 1.82) is 0 Å². The standard InChI is InChI=1S/C33H43BrN4O4S/c1-9-22-12-11-13-23(10-2)27(22)38-26(18-20(3)4)24(19-25(31(38)40)29-35-28(34)21(5)43-29)30(39)36-14-16-37(17-15-36)32(41)42-33(6,7)8/h11-13,19-20H,9-10,14-18H2,1-8H3. The Morgan fingerprint density at radius 3 is 2.12 bits per heavy atom. The van der Waals surface area contributed by atoms with Crippen LogP contribution in [0, 0.1) is 12.8 Å². The molecular formula is C33H43BrN4O4S. The molecule has 232 valence electrons. The highest BCUT2D eigenvalue weighted by molar-refractivity contribution is 9.10. The van der Waals surface area contributed by atoms with Gasteiger partial charge in [-0.05, 0) is 86.0 Å². The number of thiazole rings is 1. The summed E-state index contributed by atoms with van der Waals surface area (Å²) in [6.45, 7) is 17.4. The van der Waals surface area contributed by atoms with Crippen LogP contribution in [-0.4, -0.2) is 63.1 Å². The average Bonchev–Trinajstić information content (AvgIpc) is 3.28. The van der Waals surface area contributed by atoms with Gasteiger partial charge in [-0.1, -0.05) is 45.9 Å². The van der Waals surface area contributed by atoms with Crippen LogP contribution in [0.5, 0.6) is 0 Å². The van der Waals surface area contributed by atoms with Gasteiger partial charge in [-0.3, -0.25) is 14.2 Å². The predicted molar refractivity (Wildman–Crippen MR) is 177 cm³/mol. The van der Waals surface area contributed by atoms with E-state index in [1.807, 2.05) is 38.3 Å². The van der Waals surface area contributed by atoms with E-state index in [1.54, 1.807) is 15.9 Å². The number of aromatic nitrogens is 2. The number of benzene rings is 1. The Morgan fingerprint density at radius 1 is 1.05 bits per heavy atom. The first kappa shape index (κ1) is 32.9. The maximum atomic E-state index is 14.5. The second-order valence-electron chi connectivity index (χ2n) is 12.4. The number of carbonyl (C=O) groups is 2. The number of rotatable bonds is 7. The molecule has 0 saturated carbocycles. The molecule has 1 fully saturated rings. The van der Waals surface area contributed by atoms with Gasteiger partial charge in [0.15, 0.2) is 0 Å². The smallest absolute Gasteiger partial charge is 0.410 e. The molecule has 8 nitrogen and oxygen atoms in total. The lowest BCUT2D eigenvalue weighted by Crippen LogP contribution is -2.52. The number of para-hydroxylation sites is 1. The minimum Gasteiger partial charge on any atom is -0.444 e. The third kappa shape index (κ3) is 7.23. The lowest BCUT2D eigenvalue weighted by Gasteiger charge is -2.36. The number of carbonyl (C=O) groups excluding carboxylic acids is 2. The largest absolute Gasteiger partial charge is 0.444 e. The van der Waals surface area contributed by atoms with Gasteiger partial charge in [-0.25, -0.2) is 9.78 Å². The van der Waals surface area contributed by atoms with Crippen LogP contribution in [0.25, 0.3) is 16.3 Å². The Kier molecular flexibility index (Phi) is 10.2. The summed E-state index contributed by atoms with van der Waals surface area (Å²) in [6, 6.07) is 7.92. The lowest BCUT2D eigenvalue weighted by molar-refractivity contribution is 0.0140. The molecule has 1 aromatic carbocycles. The monoisotopic (exact) mass is 670 g/mol. The highest BCUT2D eigenvalue weighted by Crippen LogP contribution is 2.32. The minimum absolute atomic E-state index is 0.145. The molecule has 0 atom stereocenters. The molecule has 2 amide bonds. The van der Waals surface area contributed by atoms with Gasteiger partial charge in [0.1, 0.15) is 15.2 Å². The molecule has 0 bridgehead atoms. The number of halogens is 1. The van der Waals surface area contributed by atoms with E-state index in [0.29, 0.717) is 59.0 Å². The van der Waals surface area contributed by atoms with E-state index in [2.05, 4.69) is 60.7 Å². The van der Waals surface area contributed by atoms with Gasteiger partial charge in [0, 0.05) is 36.8 Å². The van der Waals surface area contributed by atoms with Gasteiger partial charge >= 0.3 is 6.09 Å². The highest BCUT2D eigenvalue weighted by atomic mass is 79.9. The van der Waals surface area contributed by atoms with Crippen molar-refractivity contribution in [3.63, 3.8) is 0 Å². The highest BCUT2D eigenvalue weighted by Gasteiger charge is 2.32. The van der Waals surface area contributed by atoms with Crippen LogP contribution in [0.4, 0.5) is 4.79 Å². The maximum Gasteiger partial charge on any atom is 0.410 e. The summed E-state index contributed by atoms with van der Waals surface area (Å²) in [7, 11) is 0. The van der Waals surface area contributed by atoms with E-state index in [9.17, 15) is 14.4 Å². The SMILES string of the molecule is CCc1cccc(CC)c1-n1c(CC(C)C)c(C(=O)N2CCN(C(=O)OC(C)(C)C)CC2)cc(-c2nc(Br)c(C)s2)c1=O. The third-order valence-electron chi connectivity index (χ3n) is 7.51. The summed E-state index contributed by atoms with van der Waals surface area (Å²) in [5.74, 6) is 0.0519. The third-order valence-corrected chi connectivity index (χ3v) is 9.55. The molecule has 0 aliphatic carbocycles. The van der Waals surface area contributed by atoms with Gasteiger partial charge in [0.05, 0.1) is 16.8 Å². The number of hydrogen-bond acceptors (Lipinski definition) is 6. The fraction of sp³-hybridized carbons (Fsp3) is 0.515. The van der Waals surface area contributed by atoms with Crippen LogP contribution in [0.3, 0.4) is 0 Å². The van der Waals surface area contributed by atoms with E-state index in [-0.39, 0.29) is 23.5 Å². The number of nitrogens with zero attached hydrogens (tertiary/aromatic N) is 4. The van der Waals surface area contributed by atoms with Gasteiger partial charge in [0.2, 0.25) is 0 Å². The van der Waals surface area contributed by atoms with Crippen LogP contribution in [0.2, 0.25) is 0 Å². The Balaban J connectivity index is 1.90. The summed E-state index contributed by atoms with van der Waals surface area (Å²) in [5, 5.41) is 0.579. The number of piperazine rings is 1. The lowest BCUT2D eigenvalue weighted by atomic mass is 9.97. The molecule has 0 spiro atoms. The molecule has 0 radical (unpaired) electrons. The molecule has 0 N–H and O–H groups in total. The van der Waals surface area contributed by atoms with Crippen molar-refractivity contribution < 1.29 is 14.3 Å². The topological polar surface area (TPSA) is 84.7 Å². The van der Waals surface area contributed by atoms with Gasteiger partial charge in [-0.2, -0.15) is 0 Å². The van der Waals surface area contributed by atoms with E-state index in [1.165, 1.54) is 11.3 Å². The first-order valence-corrected chi connectivity index (χ1v) is 16.7. The fourth-order valence-electron chi connectivity index (χ4n) is 5.40. The van der Waals surface area contributed by atoms with Crippen LogP contribution >= 0.6 is 27.3 Å². The van der Waals surface area contributed by atoms with E-state index in [4.69, 9.17) is 4.74 Å². The number of ether oxygens (including phenoxy) is 1. The van der Waals surface area contributed by atoms with Crippen molar-refractivity contribution >= 4 is 39.3 Å². The Morgan fingerprint density at radius 2 is 1.63 bits per heavy atom. The summed E-state index contributed by atoms with van der Waals surface area (Å²) >= 11 is 4.95. The van der Waals surface area contributed by atoms with Crippen molar-refractivity contribution in [2.24, 2.45) is 5.92 Å². The molecule has 0 unspecified atom stereocenters. The van der Waals surface area contributed by atoms with Crippen molar-refractivity contribution in [1.82, 2.24) is 19.4 Å². The van der Waals surface area contributed by atoms with Gasteiger partial charge in [0.25, 0.3) is 11.5 Å². The maximum absolute atomic E-state index is 14.5. The number of amides is 2. The zero-order chi connectivity index (χ0) is 31.6. The Hall–Kier alpha value is -2.98. The Labute approximate surface area is 267 Å². The van der Waals surface area contributed by atoms with Crippen molar-refractivity contribution in [2.45, 2.75) is 80.3 Å². The molecule has 2 aromatic heterocycles. The van der Waals surface area contributed by atoms with Gasteiger partial charge < -0.3 is 14.5 Å². The summed E-state index contributed by atoms with van der Waals surface area (Å²) in [4.78, 5) is 50.7. The van der Waals surface area contributed by atoms with Crippen LogP contribution in [0.1, 0.15) is 80.5 Å². The molecular weight excluding hydrogens is 628 g/mol. The molecule has 4 rings (SSSR count). The van der Waals surface area contributed by atoms with Crippen molar-refractivity contribution in [3.8, 4) is 16.3 Å². The van der Waals surface area contributed by atoms with Crippen molar-refractivity contribution in [3.05, 3.63) is 66.5 Å². The number of pyridine rings is 1. The Bertz CT molecular complexity index is 1520. The molecule has 3 heterocycles. The van der Waals surface area contributed by atoms with Gasteiger partial charge in [-0.15, -0.1) is 11.3 Å². The molecule has 1 aliphatic rings. The summed E-state index contributed by atoms with van der Waals surface area (Å²) < 4.78 is 8.06. The van der Waals surface area contributed by atoms with Crippen LogP contribution in [0.15, 0.2) is 33.7 Å². The number of hydrogen-bond donors (Lipinski definition) is 0. The normalized spacial score (nSPS) is 14.0. The molecule has 1 aliphatic heterocycles. The fourth-order valence-corrected chi connectivity index (χ4v) is 6.75. The zero-order valence-electron chi connectivity index (χ0n) is 26.5. The summed E-state index contributed by atoms with van der Waals surface area (Å²) in [6.07, 6.45) is 1.68. The predicted octanol–water partition coefficient (Wildman–Crippen LogP) is 7.05. The molecule has 1 saturated heterocycles.